The molecule has 0 aliphatic carbocycles. The third kappa shape index (κ3) is 4.26. The summed E-state index contributed by atoms with van der Waals surface area (Å²) in [6.07, 6.45) is 1.08. The molecular weight excluding hydrogens is 270 g/mol. The Kier molecular flexibility index (Phi) is 5.45. The Labute approximate surface area is 125 Å². The minimum atomic E-state index is 0.361. The van der Waals surface area contributed by atoms with Crippen LogP contribution in [0, 0.1) is 0 Å². The van der Waals surface area contributed by atoms with Gasteiger partial charge in [-0.15, -0.1) is 0 Å². The molecule has 0 radical (unpaired) electrons. The molecule has 0 aliphatic heterocycles. The van der Waals surface area contributed by atoms with Crippen molar-refractivity contribution in [2.24, 2.45) is 0 Å². The molecule has 0 heterocycles. The van der Waals surface area contributed by atoms with Crippen LogP contribution in [0.5, 0.6) is 5.75 Å². The first-order valence-electron chi connectivity index (χ1n) is 6.92. The van der Waals surface area contributed by atoms with Crippen molar-refractivity contribution < 1.29 is 5.11 Å². The molecule has 0 unspecified atom stereocenters. The number of phenols is 1. The summed E-state index contributed by atoms with van der Waals surface area (Å²) in [5.74, 6) is 0.361. The Bertz CT molecular complexity index is 556. The summed E-state index contributed by atoms with van der Waals surface area (Å²) in [6.45, 7) is 4.73. The van der Waals surface area contributed by atoms with Crippen molar-refractivity contribution in [3.8, 4) is 5.75 Å². The van der Waals surface area contributed by atoms with Crippen molar-refractivity contribution in [3.05, 3.63) is 64.7 Å². The molecule has 0 bridgehead atoms. The summed E-state index contributed by atoms with van der Waals surface area (Å²) in [5.41, 5.74) is 2.16. The van der Waals surface area contributed by atoms with Gasteiger partial charge in [0.05, 0.1) is 0 Å². The van der Waals surface area contributed by atoms with Crippen LogP contribution in [0.15, 0.2) is 48.5 Å². The summed E-state index contributed by atoms with van der Waals surface area (Å²) in [6, 6.07) is 15.4. The lowest BCUT2D eigenvalue weighted by Gasteiger charge is -2.22. The largest absolute Gasteiger partial charge is 0.508 e. The normalized spacial score (nSPS) is 10.9. The summed E-state index contributed by atoms with van der Waals surface area (Å²) >= 11 is 6.03. The number of hydrogen-bond donors (Lipinski definition) is 1. The average Bonchev–Trinajstić information content (AvgIpc) is 2.42. The molecular formula is C17H20ClNO. The van der Waals surface area contributed by atoms with Gasteiger partial charge in [-0.2, -0.15) is 0 Å². The van der Waals surface area contributed by atoms with Crippen LogP contribution in [-0.2, 0) is 13.1 Å². The minimum Gasteiger partial charge on any atom is -0.508 e. The standard InChI is InChI=1S/C17H20ClNO/c1-2-10-19(12-14-6-5-8-16(18)11-14)13-15-7-3-4-9-17(15)20/h3-9,11,20H,2,10,12-13H2,1H3. The average molecular weight is 290 g/mol. The van der Waals surface area contributed by atoms with Crippen molar-refractivity contribution in [3.63, 3.8) is 0 Å². The van der Waals surface area contributed by atoms with E-state index in [4.69, 9.17) is 11.6 Å². The van der Waals surface area contributed by atoms with E-state index in [0.29, 0.717) is 5.75 Å². The maximum absolute atomic E-state index is 9.89. The fourth-order valence-electron chi connectivity index (χ4n) is 2.31. The van der Waals surface area contributed by atoms with E-state index in [1.54, 1.807) is 6.07 Å². The second-order valence-electron chi connectivity index (χ2n) is 4.97. The first-order chi connectivity index (χ1) is 9.69. The van der Waals surface area contributed by atoms with Gasteiger partial charge in [0.15, 0.2) is 0 Å². The first kappa shape index (κ1) is 14.9. The van der Waals surface area contributed by atoms with Crippen molar-refractivity contribution in [2.45, 2.75) is 26.4 Å². The Balaban J connectivity index is 2.09. The van der Waals surface area contributed by atoms with Crippen molar-refractivity contribution in [1.29, 1.82) is 0 Å². The van der Waals surface area contributed by atoms with Gasteiger partial charge >= 0.3 is 0 Å². The lowest BCUT2D eigenvalue weighted by atomic mass is 10.1. The van der Waals surface area contributed by atoms with Gasteiger partial charge in [-0.05, 0) is 36.7 Å². The van der Waals surface area contributed by atoms with E-state index in [-0.39, 0.29) is 0 Å². The number of aromatic hydroxyl groups is 1. The second-order valence-corrected chi connectivity index (χ2v) is 5.41. The molecule has 0 fully saturated rings. The lowest BCUT2D eigenvalue weighted by molar-refractivity contribution is 0.254. The van der Waals surface area contributed by atoms with Crippen molar-refractivity contribution in [1.82, 2.24) is 4.90 Å². The summed E-state index contributed by atoms with van der Waals surface area (Å²) in [4.78, 5) is 2.32. The maximum atomic E-state index is 9.89. The Morgan fingerprint density at radius 2 is 1.85 bits per heavy atom. The van der Waals surface area contributed by atoms with Gasteiger partial charge in [0.25, 0.3) is 0 Å². The zero-order valence-electron chi connectivity index (χ0n) is 11.7. The zero-order chi connectivity index (χ0) is 14.4. The van der Waals surface area contributed by atoms with Gasteiger partial charge in [0, 0.05) is 23.7 Å². The van der Waals surface area contributed by atoms with Crippen LogP contribution >= 0.6 is 11.6 Å². The third-order valence-electron chi connectivity index (χ3n) is 3.22. The monoisotopic (exact) mass is 289 g/mol. The molecule has 2 aromatic rings. The van der Waals surface area contributed by atoms with Gasteiger partial charge in [-0.1, -0.05) is 48.9 Å². The summed E-state index contributed by atoms with van der Waals surface area (Å²) < 4.78 is 0. The SMILES string of the molecule is CCCN(Cc1cccc(Cl)c1)Cc1ccccc1O. The predicted octanol–water partition coefficient (Wildman–Crippen LogP) is 4.46. The number of halogens is 1. The van der Waals surface area contributed by atoms with E-state index < -0.39 is 0 Å². The van der Waals surface area contributed by atoms with Crippen molar-refractivity contribution in [2.75, 3.05) is 6.54 Å². The molecule has 0 aromatic heterocycles. The van der Waals surface area contributed by atoms with Crippen LogP contribution in [0.4, 0.5) is 0 Å². The number of phenolic OH excluding ortho intramolecular Hbond substituents is 1. The molecule has 0 amide bonds. The number of benzene rings is 2. The molecule has 0 saturated carbocycles. The highest BCUT2D eigenvalue weighted by molar-refractivity contribution is 6.30. The number of rotatable bonds is 6. The first-order valence-corrected chi connectivity index (χ1v) is 7.30. The Hall–Kier alpha value is -1.51. The van der Waals surface area contributed by atoms with Crippen LogP contribution < -0.4 is 0 Å². The molecule has 2 nitrogen and oxygen atoms in total. The highest BCUT2D eigenvalue weighted by Crippen LogP contribution is 2.20. The minimum absolute atomic E-state index is 0.361. The van der Waals surface area contributed by atoms with E-state index >= 15 is 0 Å². The van der Waals surface area contributed by atoms with Gasteiger partial charge < -0.3 is 5.11 Å². The van der Waals surface area contributed by atoms with Gasteiger partial charge in [-0.3, -0.25) is 4.90 Å². The number of hydrogen-bond acceptors (Lipinski definition) is 2. The van der Waals surface area contributed by atoms with Gasteiger partial charge in [0.1, 0.15) is 5.75 Å². The fourth-order valence-corrected chi connectivity index (χ4v) is 2.52. The van der Waals surface area contributed by atoms with E-state index in [1.165, 1.54) is 5.56 Å². The number of para-hydroxylation sites is 1. The summed E-state index contributed by atoms with van der Waals surface area (Å²) in [7, 11) is 0. The predicted molar refractivity (Wildman–Crippen MR) is 84.0 cm³/mol. The van der Waals surface area contributed by atoms with Gasteiger partial charge in [0.2, 0.25) is 0 Å². The molecule has 20 heavy (non-hydrogen) atoms. The van der Waals surface area contributed by atoms with E-state index in [0.717, 1.165) is 36.6 Å². The zero-order valence-corrected chi connectivity index (χ0v) is 12.5. The van der Waals surface area contributed by atoms with Crippen LogP contribution in [0.3, 0.4) is 0 Å². The quantitative estimate of drug-likeness (QED) is 0.849. The molecule has 106 valence electrons. The van der Waals surface area contributed by atoms with Crippen LogP contribution in [0.2, 0.25) is 5.02 Å². The molecule has 0 aliphatic rings. The van der Waals surface area contributed by atoms with Crippen LogP contribution in [0.25, 0.3) is 0 Å². The second kappa shape index (κ2) is 7.32. The van der Waals surface area contributed by atoms with Gasteiger partial charge in [-0.25, -0.2) is 0 Å². The lowest BCUT2D eigenvalue weighted by Crippen LogP contribution is -2.23. The maximum Gasteiger partial charge on any atom is 0.120 e. The highest BCUT2D eigenvalue weighted by atomic mass is 35.5. The van der Waals surface area contributed by atoms with E-state index in [1.807, 2.05) is 36.4 Å². The van der Waals surface area contributed by atoms with E-state index in [2.05, 4.69) is 17.9 Å². The van der Waals surface area contributed by atoms with Crippen molar-refractivity contribution >= 4 is 11.6 Å². The molecule has 0 saturated heterocycles. The fraction of sp³-hybridized carbons (Fsp3) is 0.294. The Morgan fingerprint density at radius 3 is 2.55 bits per heavy atom. The molecule has 2 rings (SSSR count). The topological polar surface area (TPSA) is 23.5 Å². The van der Waals surface area contributed by atoms with E-state index in [9.17, 15) is 5.11 Å². The van der Waals surface area contributed by atoms with Crippen LogP contribution in [0.1, 0.15) is 24.5 Å². The molecule has 3 heteroatoms. The third-order valence-corrected chi connectivity index (χ3v) is 3.46. The Morgan fingerprint density at radius 1 is 1.05 bits per heavy atom. The van der Waals surface area contributed by atoms with Crippen LogP contribution in [-0.4, -0.2) is 16.6 Å². The molecule has 0 atom stereocenters. The molecule has 2 aromatic carbocycles. The number of nitrogens with zero attached hydrogens (tertiary/aromatic N) is 1. The highest BCUT2D eigenvalue weighted by Gasteiger charge is 2.09. The smallest absolute Gasteiger partial charge is 0.120 e. The summed E-state index contributed by atoms with van der Waals surface area (Å²) in [5, 5.41) is 10.7. The molecule has 0 spiro atoms. The molecule has 1 N–H and O–H groups in total.